The van der Waals surface area contributed by atoms with Crippen molar-refractivity contribution >= 4 is 0 Å². The summed E-state index contributed by atoms with van der Waals surface area (Å²) in [6.45, 7) is 8.75. The average Bonchev–Trinajstić information content (AvgIpc) is 2.91. The van der Waals surface area contributed by atoms with Crippen molar-refractivity contribution in [2.45, 2.75) is 70.0 Å². The van der Waals surface area contributed by atoms with E-state index in [1.54, 1.807) is 20.3 Å². The van der Waals surface area contributed by atoms with E-state index in [0.717, 1.165) is 22.3 Å². The molecule has 0 aliphatic heterocycles. The standard InChI is InChI=1S/C30H47NO6/c1-6-12-24-19-27(31-17-18-32)30(34,16-11-15-29(3,35-4)36-5)26(7-2)28(24)25(20-33)22-37-21-23-13-9-8-10-14-23/h6,8-10,12-14,26-27,31-34H,1,7,11,15-22H2,2-5H3/b24-12-,28-25+/t26-,27?,30?/m0/s1. The van der Waals surface area contributed by atoms with Gasteiger partial charge >= 0.3 is 0 Å². The fourth-order valence-electron chi connectivity index (χ4n) is 5.45. The Kier molecular flexibility index (Phi) is 13.2. The van der Waals surface area contributed by atoms with E-state index >= 15 is 0 Å². The molecule has 4 N–H and O–H groups in total. The van der Waals surface area contributed by atoms with Gasteiger partial charge in [0.25, 0.3) is 0 Å². The lowest BCUT2D eigenvalue weighted by Gasteiger charge is -2.49. The number of rotatable bonds is 16. The first-order valence-electron chi connectivity index (χ1n) is 13.3. The van der Waals surface area contributed by atoms with Gasteiger partial charge in [-0.2, -0.15) is 0 Å². The average molecular weight is 518 g/mol. The van der Waals surface area contributed by atoms with Crippen molar-refractivity contribution in [1.29, 1.82) is 0 Å². The van der Waals surface area contributed by atoms with Crippen molar-refractivity contribution in [3.05, 3.63) is 71.3 Å². The molecule has 2 unspecified atom stereocenters. The van der Waals surface area contributed by atoms with Crippen molar-refractivity contribution in [2.75, 3.05) is 40.6 Å². The summed E-state index contributed by atoms with van der Waals surface area (Å²) in [6.07, 6.45) is 6.73. The van der Waals surface area contributed by atoms with Crippen LogP contribution in [0.15, 0.2) is 65.8 Å². The largest absolute Gasteiger partial charge is 0.395 e. The first-order chi connectivity index (χ1) is 17.8. The maximum absolute atomic E-state index is 12.3. The number of nitrogens with one attached hydrogen (secondary N) is 1. The van der Waals surface area contributed by atoms with E-state index in [2.05, 4.69) is 18.8 Å². The highest BCUT2D eigenvalue weighted by atomic mass is 16.7. The third-order valence-corrected chi connectivity index (χ3v) is 7.59. The van der Waals surface area contributed by atoms with Gasteiger partial charge in [0.15, 0.2) is 5.79 Å². The Hall–Kier alpha value is -1.84. The van der Waals surface area contributed by atoms with E-state index in [1.807, 2.05) is 43.3 Å². The molecule has 7 nitrogen and oxygen atoms in total. The molecule has 0 saturated heterocycles. The highest BCUT2D eigenvalue weighted by Crippen LogP contribution is 2.47. The first kappa shape index (κ1) is 31.4. The smallest absolute Gasteiger partial charge is 0.164 e. The highest BCUT2D eigenvalue weighted by Gasteiger charge is 2.49. The molecular formula is C30H47NO6. The Morgan fingerprint density at radius 3 is 2.49 bits per heavy atom. The van der Waals surface area contributed by atoms with Crippen molar-refractivity contribution < 1.29 is 29.5 Å². The molecule has 208 valence electrons. The summed E-state index contributed by atoms with van der Waals surface area (Å²) in [7, 11) is 3.24. The molecule has 3 atom stereocenters. The number of hydrogen-bond donors (Lipinski definition) is 4. The van der Waals surface area contributed by atoms with E-state index in [9.17, 15) is 15.3 Å². The van der Waals surface area contributed by atoms with Crippen molar-refractivity contribution in [1.82, 2.24) is 5.32 Å². The molecule has 1 aliphatic rings. The third-order valence-electron chi connectivity index (χ3n) is 7.59. The number of benzene rings is 1. The molecule has 0 radical (unpaired) electrons. The van der Waals surface area contributed by atoms with Gasteiger partial charge in [-0.25, -0.2) is 0 Å². The summed E-state index contributed by atoms with van der Waals surface area (Å²) in [6, 6.07) is 9.65. The van der Waals surface area contributed by atoms with Crippen molar-refractivity contribution in [3.63, 3.8) is 0 Å². The van der Waals surface area contributed by atoms with Gasteiger partial charge in [0, 0.05) is 39.1 Å². The molecular weight excluding hydrogens is 470 g/mol. The Morgan fingerprint density at radius 1 is 1.22 bits per heavy atom. The molecule has 1 aromatic rings. The van der Waals surface area contributed by atoms with Gasteiger partial charge in [-0.1, -0.05) is 56.0 Å². The lowest BCUT2D eigenvalue weighted by molar-refractivity contribution is -0.199. The molecule has 0 aromatic heterocycles. The monoisotopic (exact) mass is 517 g/mol. The summed E-state index contributed by atoms with van der Waals surface area (Å²) in [4.78, 5) is 0. The minimum Gasteiger partial charge on any atom is -0.395 e. The zero-order valence-corrected chi connectivity index (χ0v) is 23.0. The normalized spacial score (nSPS) is 24.9. The molecule has 1 aliphatic carbocycles. The van der Waals surface area contributed by atoms with E-state index in [1.165, 1.54) is 0 Å². The van der Waals surface area contributed by atoms with Crippen LogP contribution in [0.4, 0.5) is 0 Å². The van der Waals surface area contributed by atoms with Crippen LogP contribution < -0.4 is 5.32 Å². The molecule has 1 saturated carbocycles. The van der Waals surface area contributed by atoms with Crippen LogP contribution >= 0.6 is 0 Å². The molecule has 37 heavy (non-hydrogen) atoms. The van der Waals surface area contributed by atoms with Crippen molar-refractivity contribution in [3.8, 4) is 0 Å². The van der Waals surface area contributed by atoms with Gasteiger partial charge in [-0.05, 0) is 54.9 Å². The second-order valence-electron chi connectivity index (χ2n) is 9.86. The minimum absolute atomic E-state index is 0.0206. The fourth-order valence-corrected chi connectivity index (χ4v) is 5.45. The topological polar surface area (TPSA) is 100 Å². The van der Waals surface area contributed by atoms with Crippen LogP contribution in [-0.4, -0.2) is 73.3 Å². The zero-order valence-electron chi connectivity index (χ0n) is 23.0. The molecule has 0 bridgehead atoms. The van der Waals surface area contributed by atoms with E-state index in [-0.39, 0.29) is 31.8 Å². The number of allylic oxidation sites excluding steroid dienone is 2. The van der Waals surface area contributed by atoms with Gasteiger partial charge in [0.2, 0.25) is 0 Å². The molecule has 1 aromatic carbocycles. The summed E-state index contributed by atoms with van der Waals surface area (Å²) < 4.78 is 17.1. The SMILES string of the molecule is C=C/C=C1/CC(NCCO)C(O)(CCCC(C)(OC)OC)[C@@H](CC)/C1=C(\CO)COCc1ccccc1. The predicted octanol–water partition coefficient (Wildman–Crippen LogP) is 3.90. The quantitative estimate of drug-likeness (QED) is 0.247. The zero-order chi connectivity index (χ0) is 27.3. The highest BCUT2D eigenvalue weighted by molar-refractivity contribution is 5.45. The Morgan fingerprint density at radius 2 is 1.92 bits per heavy atom. The second kappa shape index (κ2) is 15.5. The lowest BCUT2D eigenvalue weighted by atomic mass is 9.63. The Balaban J connectivity index is 2.42. The first-order valence-corrected chi connectivity index (χ1v) is 13.3. The predicted molar refractivity (Wildman–Crippen MR) is 147 cm³/mol. The molecule has 0 amide bonds. The summed E-state index contributed by atoms with van der Waals surface area (Å²) >= 11 is 0. The van der Waals surface area contributed by atoms with Crippen LogP contribution in [0.1, 0.15) is 51.5 Å². The van der Waals surface area contributed by atoms with Gasteiger partial charge in [0.05, 0.1) is 32.0 Å². The Bertz CT molecular complexity index is 879. The Labute approximate surface area is 222 Å². The van der Waals surface area contributed by atoms with Crippen LogP contribution in [0.2, 0.25) is 0 Å². The van der Waals surface area contributed by atoms with Crippen LogP contribution in [0.5, 0.6) is 0 Å². The maximum atomic E-state index is 12.3. The summed E-state index contributed by atoms with van der Waals surface area (Å²) in [5.41, 5.74) is 2.69. The third kappa shape index (κ3) is 8.32. The van der Waals surface area contributed by atoms with Gasteiger partial charge in [-0.3, -0.25) is 0 Å². The van der Waals surface area contributed by atoms with Gasteiger partial charge < -0.3 is 34.8 Å². The molecule has 0 heterocycles. The van der Waals surface area contributed by atoms with Crippen LogP contribution in [0.3, 0.4) is 0 Å². The molecule has 2 rings (SSSR count). The van der Waals surface area contributed by atoms with Gasteiger partial charge in [0.1, 0.15) is 0 Å². The van der Waals surface area contributed by atoms with E-state index in [4.69, 9.17) is 14.2 Å². The van der Waals surface area contributed by atoms with E-state index in [0.29, 0.717) is 45.3 Å². The van der Waals surface area contributed by atoms with Gasteiger partial charge in [-0.15, -0.1) is 0 Å². The number of aliphatic hydroxyl groups excluding tert-OH is 2. The van der Waals surface area contributed by atoms with Crippen LogP contribution in [0, 0.1) is 5.92 Å². The van der Waals surface area contributed by atoms with E-state index < -0.39 is 11.4 Å². The van der Waals surface area contributed by atoms with Crippen LogP contribution in [0.25, 0.3) is 0 Å². The lowest BCUT2D eigenvalue weighted by Crippen LogP contribution is -2.59. The summed E-state index contributed by atoms with van der Waals surface area (Å²) in [5, 5.41) is 35.7. The minimum atomic E-state index is -1.11. The van der Waals surface area contributed by atoms with Crippen LogP contribution in [-0.2, 0) is 20.8 Å². The molecule has 7 heteroatoms. The molecule has 0 spiro atoms. The molecule has 1 fully saturated rings. The number of methoxy groups -OCH3 is 2. The number of aliphatic hydroxyl groups is 3. The fraction of sp³-hybridized carbons (Fsp3) is 0.600. The number of ether oxygens (including phenoxy) is 3. The number of hydrogen-bond acceptors (Lipinski definition) is 7. The van der Waals surface area contributed by atoms with Crippen molar-refractivity contribution in [2.24, 2.45) is 5.92 Å². The maximum Gasteiger partial charge on any atom is 0.164 e. The summed E-state index contributed by atoms with van der Waals surface area (Å²) in [5.74, 6) is -0.975. The second-order valence-corrected chi connectivity index (χ2v) is 9.86.